The smallest absolute Gasteiger partial charge is 0.484 e. The number of hydrogen-bond acceptors (Lipinski definition) is 12. The zero-order chi connectivity index (χ0) is 35.4. The second-order valence-corrected chi connectivity index (χ2v) is 14.4. The van der Waals surface area contributed by atoms with Gasteiger partial charge in [0.1, 0.15) is 17.8 Å². The van der Waals surface area contributed by atoms with E-state index in [1.54, 1.807) is 5.32 Å². The van der Waals surface area contributed by atoms with Gasteiger partial charge in [0.2, 0.25) is 5.91 Å². The van der Waals surface area contributed by atoms with Gasteiger partial charge in [-0.05, 0) is 30.2 Å². The van der Waals surface area contributed by atoms with E-state index in [1.165, 1.54) is 18.6 Å². The van der Waals surface area contributed by atoms with Crippen molar-refractivity contribution in [2.24, 2.45) is 11.8 Å². The molecule has 17 nitrogen and oxygen atoms in total. The Morgan fingerprint density at radius 2 is 1.82 bits per heavy atom. The summed E-state index contributed by atoms with van der Waals surface area (Å²) in [6.07, 6.45) is 3.90. The van der Waals surface area contributed by atoms with Gasteiger partial charge in [0.25, 0.3) is 5.91 Å². The summed E-state index contributed by atoms with van der Waals surface area (Å²) in [5.41, 5.74) is -1.04. The first kappa shape index (κ1) is 36.4. The number of nitrogens with one attached hydrogen (secondary N) is 3. The summed E-state index contributed by atoms with van der Waals surface area (Å²) in [4.78, 5) is 80.6. The molecule has 19 heteroatoms. The lowest BCUT2D eigenvalue weighted by molar-refractivity contribution is -0.197. The largest absolute Gasteiger partial charge is 0.777 e. The van der Waals surface area contributed by atoms with Crippen LogP contribution in [0.5, 0.6) is 0 Å². The highest BCUT2D eigenvalue weighted by atomic mass is 31.2. The Bertz CT molecular complexity index is 1560. The molecule has 49 heavy (non-hydrogen) atoms. The highest BCUT2D eigenvalue weighted by Gasteiger charge is 2.70. The number of amides is 3. The Labute approximate surface area is 282 Å². The second kappa shape index (κ2) is 14.9. The summed E-state index contributed by atoms with van der Waals surface area (Å²) in [7, 11) is -6.16. The van der Waals surface area contributed by atoms with Crippen LogP contribution < -0.4 is 20.8 Å². The van der Waals surface area contributed by atoms with Gasteiger partial charge in [-0.15, -0.1) is 0 Å². The summed E-state index contributed by atoms with van der Waals surface area (Å²) < 4.78 is 28.5. The zero-order valence-electron chi connectivity index (χ0n) is 27.0. The van der Waals surface area contributed by atoms with Gasteiger partial charge < -0.3 is 49.5 Å². The fraction of sp³-hybridized carbons (Fsp3) is 0.533. The lowest BCUT2D eigenvalue weighted by Gasteiger charge is -2.33. The molecule has 5 N–H and O–H groups in total. The van der Waals surface area contributed by atoms with Crippen molar-refractivity contribution >= 4 is 38.6 Å². The topological polar surface area (TPSA) is 242 Å². The van der Waals surface area contributed by atoms with Crippen LogP contribution in [0.4, 0.5) is 4.79 Å². The number of carbonyl (C=O) groups excluding carboxylic acids is 3. The molecule has 2 aliphatic carbocycles. The minimum Gasteiger partial charge on any atom is -0.777 e. The number of aromatic nitrogens is 2. The lowest BCUT2D eigenvalue weighted by atomic mass is 9.71. The van der Waals surface area contributed by atoms with Crippen LogP contribution in [-0.4, -0.2) is 112 Å². The molecule has 264 valence electrons. The molecular formula is C30H39BN6O11P-. The van der Waals surface area contributed by atoms with Crippen LogP contribution in [0.1, 0.15) is 48.7 Å². The van der Waals surface area contributed by atoms with Crippen molar-refractivity contribution < 1.29 is 52.7 Å². The van der Waals surface area contributed by atoms with Gasteiger partial charge in [0, 0.05) is 51.2 Å². The van der Waals surface area contributed by atoms with Crippen LogP contribution in [0, 0.1) is 11.8 Å². The predicted molar refractivity (Wildman–Crippen MR) is 170 cm³/mol. The Morgan fingerprint density at radius 3 is 2.39 bits per heavy atom. The monoisotopic (exact) mass is 701 g/mol. The molecule has 5 rings (SSSR count). The van der Waals surface area contributed by atoms with Gasteiger partial charge in [-0.25, -0.2) is 14.6 Å². The molecule has 0 bridgehead atoms. The van der Waals surface area contributed by atoms with Crippen molar-refractivity contribution in [1.29, 1.82) is 0 Å². The lowest BCUT2D eigenvalue weighted by Crippen LogP contribution is -2.61. The van der Waals surface area contributed by atoms with Crippen molar-refractivity contribution in [3.8, 4) is 0 Å². The molecule has 1 aliphatic heterocycles. The standard InChI is InChI=1S/C30H40BN6O11P/c1-19(2)21-17-30(21,31-47-14-11-37(12-15-48-31)10-13-46-28(42)34-25(26(39)40)49(43,44)45)36-27(41)29(16-22(29)20-6-4-3-5-7-20)35-24(38)23-18-32-8-9-33-23/h3-9,18-19,21-22,25H,10-17H2,1-2H3,(H,34,42)(H,35,38)(H,36,41)(H,39,40)(H2,43,44,45)/p-1/t21-,22+,25?,29+,30-/m0/s1. The summed E-state index contributed by atoms with van der Waals surface area (Å²) in [6, 6.07) is 9.51. The van der Waals surface area contributed by atoms with Crippen molar-refractivity contribution in [2.75, 3.05) is 39.5 Å². The third kappa shape index (κ3) is 8.45. The molecule has 3 fully saturated rings. The first-order chi connectivity index (χ1) is 23.3. The number of benzene rings is 1. The number of rotatable bonds is 13. The molecule has 0 spiro atoms. The maximum Gasteiger partial charge on any atom is 0.484 e. The Morgan fingerprint density at radius 1 is 1.12 bits per heavy atom. The number of hydrogen-bond donors (Lipinski definition) is 5. The summed E-state index contributed by atoms with van der Waals surface area (Å²) in [5, 5.41) is 16.7. The third-order valence-electron chi connectivity index (χ3n) is 9.14. The molecular weight excluding hydrogens is 662 g/mol. The van der Waals surface area contributed by atoms with Gasteiger partial charge >= 0.3 is 19.2 Å². The number of carbonyl (C=O) groups is 4. The molecule has 1 aromatic heterocycles. The molecule has 1 saturated heterocycles. The van der Waals surface area contributed by atoms with Gasteiger partial charge in [-0.2, -0.15) is 0 Å². The first-order valence-corrected chi connectivity index (χ1v) is 17.5. The molecule has 1 aromatic carbocycles. The normalized spacial score (nSPS) is 27.1. The molecule has 6 atom stereocenters. The van der Waals surface area contributed by atoms with E-state index < -0.39 is 49.4 Å². The van der Waals surface area contributed by atoms with E-state index in [0.717, 1.165) is 5.56 Å². The van der Waals surface area contributed by atoms with E-state index in [1.807, 2.05) is 35.2 Å². The molecule has 3 aliphatic rings. The number of carboxylic acids is 1. The Hall–Kier alpha value is -3.93. The number of aliphatic carboxylic acids is 1. The average Bonchev–Trinajstić information content (AvgIpc) is 3.96. The van der Waals surface area contributed by atoms with Gasteiger partial charge in [-0.3, -0.25) is 19.5 Å². The first-order valence-electron chi connectivity index (χ1n) is 15.9. The van der Waals surface area contributed by atoms with E-state index in [4.69, 9.17) is 24.0 Å². The van der Waals surface area contributed by atoms with Crippen molar-refractivity contribution in [1.82, 2.24) is 30.8 Å². The van der Waals surface area contributed by atoms with Crippen LogP contribution in [0.15, 0.2) is 48.9 Å². The number of ether oxygens (including phenoxy) is 1. The third-order valence-corrected chi connectivity index (χ3v) is 10.1. The number of carboxylic acid groups (broad SMARTS) is 1. The van der Waals surface area contributed by atoms with Gasteiger partial charge in [0.15, 0.2) is 13.4 Å². The maximum atomic E-state index is 14.3. The molecule has 2 aromatic rings. The van der Waals surface area contributed by atoms with Gasteiger partial charge in [-0.1, -0.05) is 44.2 Å². The summed E-state index contributed by atoms with van der Waals surface area (Å²) >= 11 is 0. The summed E-state index contributed by atoms with van der Waals surface area (Å²) in [5.74, 6) is -5.36. The summed E-state index contributed by atoms with van der Waals surface area (Å²) in [6.45, 7) is 5.31. The van der Waals surface area contributed by atoms with Crippen LogP contribution in [0.25, 0.3) is 0 Å². The van der Waals surface area contributed by atoms with Crippen molar-refractivity contribution in [3.05, 3.63) is 60.2 Å². The van der Waals surface area contributed by atoms with Crippen molar-refractivity contribution in [2.45, 2.75) is 49.4 Å². The number of alkyl carbamates (subject to hydrolysis) is 1. The van der Waals surface area contributed by atoms with Crippen LogP contribution >= 0.6 is 7.60 Å². The zero-order valence-corrected chi connectivity index (χ0v) is 27.9. The minimum absolute atomic E-state index is 0.0449. The Balaban J connectivity index is 1.21. The van der Waals surface area contributed by atoms with Gasteiger partial charge in [0.05, 0.1) is 11.6 Å². The van der Waals surface area contributed by atoms with E-state index in [9.17, 15) is 28.6 Å². The minimum atomic E-state index is -5.39. The van der Waals surface area contributed by atoms with Crippen molar-refractivity contribution in [3.63, 3.8) is 0 Å². The SMILES string of the molecule is CC(C)[C@@H]1C[C@@]1(NC(=O)[C@@]1(NC(=O)c2cnccn2)C[C@@H]1c1ccccc1)B1OCCN(CCOC(=O)NC(C(=O)O)P(=O)([O-])O)CCO1. The van der Waals surface area contributed by atoms with E-state index in [-0.39, 0.29) is 55.7 Å². The predicted octanol–water partition coefficient (Wildman–Crippen LogP) is -0.278. The van der Waals surface area contributed by atoms with E-state index >= 15 is 0 Å². The highest BCUT2D eigenvalue weighted by molar-refractivity contribution is 7.52. The maximum absolute atomic E-state index is 14.3. The highest BCUT2D eigenvalue weighted by Crippen LogP contribution is 2.55. The van der Waals surface area contributed by atoms with E-state index in [2.05, 4.69) is 34.4 Å². The molecule has 0 radical (unpaired) electrons. The molecule has 2 saturated carbocycles. The fourth-order valence-corrected chi connectivity index (χ4v) is 6.92. The number of nitrogens with zero attached hydrogens (tertiary/aromatic N) is 3. The molecule has 2 unspecified atom stereocenters. The fourth-order valence-electron chi connectivity index (χ4n) is 6.37. The average molecular weight is 701 g/mol. The second-order valence-electron chi connectivity index (χ2n) is 12.7. The van der Waals surface area contributed by atoms with Crippen LogP contribution in [0.2, 0.25) is 0 Å². The quantitative estimate of drug-likeness (QED) is 0.133. The van der Waals surface area contributed by atoms with Crippen LogP contribution in [-0.2, 0) is 28.2 Å². The van der Waals surface area contributed by atoms with Crippen LogP contribution in [0.3, 0.4) is 0 Å². The Kier molecular flexibility index (Phi) is 11.1. The van der Waals surface area contributed by atoms with E-state index in [0.29, 0.717) is 25.9 Å². The molecule has 3 amide bonds. The molecule has 2 heterocycles.